The number of hydrogen-bond acceptors (Lipinski definition) is 6. The maximum absolute atomic E-state index is 13.5. The number of carbonyl (C=O) groups is 4. The molecule has 0 unspecified atom stereocenters. The van der Waals surface area contributed by atoms with Gasteiger partial charge in [0.1, 0.15) is 6.54 Å². The van der Waals surface area contributed by atoms with E-state index in [-0.39, 0.29) is 23.1 Å². The lowest BCUT2D eigenvalue weighted by Crippen LogP contribution is -2.52. The molecule has 4 atom stereocenters. The third-order valence-corrected chi connectivity index (χ3v) is 7.35. The number of aryl methyl sites for hydroxylation is 1. The van der Waals surface area contributed by atoms with E-state index in [1.165, 1.54) is 18.2 Å². The van der Waals surface area contributed by atoms with Crippen LogP contribution in [0.15, 0.2) is 48.5 Å². The average Bonchev–Trinajstić information content (AvgIpc) is 3.51. The second-order valence-corrected chi connectivity index (χ2v) is 9.33. The molecule has 3 amide bonds. The van der Waals surface area contributed by atoms with Gasteiger partial charge in [0.05, 0.1) is 16.8 Å². The standard InChI is InChI=1S/C25H23N3O6/c1-14-5-7-15(8-6-14)20(29)13-26(23(30)18-3-2-4-19(12-18)28(33)34)27-24(31)21-16-9-10-17(11-16)22(21)25(27)32/h2-8,12,16-17,21-22H,9-11,13H2,1H3/t16-,17-,21-,22+/m0/s1. The van der Waals surface area contributed by atoms with Crippen molar-refractivity contribution in [2.24, 2.45) is 23.7 Å². The Morgan fingerprint density at radius 3 is 2.21 bits per heavy atom. The van der Waals surface area contributed by atoms with Gasteiger partial charge < -0.3 is 0 Å². The van der Waals surface area contributed by atoms with E-state index in [1.807, 2.05) is 6.92 Å². The van der Waals surface area contributed by atoms with Gasteiger partial charge in [0.2, 0.25) is 0 Å². The molecule has 0 spiro atoms. The molecule has 3 fully saturated rings. The average molecular weight is 461 g/mol. The number of hydrogen-bond donors (Lipinski definition) is 0. The van der Waals surface area contributed by atoms with E-state index in [9.17, 15) is 29.3 Å². The van der Waals surface area contributed by atoms with Crippen molar-refractivity contribution < 1.29 is 24.1 Å². The first-order chi connectivity index (χ1) is 16.3. The number of amides is 3. The van der Waals surface area contributed by atoms with Crippen LogP contribution in [0.4, 0.5) is 5.69 Å². The summed E-state index contributed by atoms with van der Waals surface area (Å²) in [5.74, 6) is -2.90. The molecule has 1 heterocycles. The van der Waals surface area contributed by atoms with Crippen molar-refractivity contribution in [3.05, 3.63) is 75.3 Å². The van der Waals surface area contributed by atoms with Gasteiger partial charge in [0.25, 0.3) is 23.4 Å². The quantitative estimate of drug-likeness (QED) is 0.282. The van der Waals surface area contributed by atoms with Crippen molar-refractivity contribution in [1.29, 1.82) is 0 Å². The maximum Gasteiger partial charge on any atom is 0.273 e. The van der Waals surface area contributed by atoms with E-state index < -0.39 is 46.8 Å². The number of imide groups is 1. The molecule has 1 aliphatic heterocycles. The van der Waals surface area contributed by atoms with Crippen molar-refractivity contribution in [1.82, 2.24) is 10.0 Å². The number of Topliss-reactive ketones (excluding diaryl/α,β-unsaturated/α-hetero) is 1. The Hall–Kier alpha value is -3.88. The molecule has 1 saturated heterocycles. The summed E-state index contributed by atoms with van der Waals surface area (Å²) in [4.78, 5) is 64.0. The van der Waals surface area contributed by atoms with Crippen LogP contribution < -0.4 is 0 Å². The van der Waals surface area contributed by atoms with Crippen LogP contribution in [0.1, 0.15) is 45.5 Å². The lowest BCUT2D eigenvalue weighted by molar-refractivity contribution is -0.384. The summed E-state index contributed by atoms with van der Waals surface area (Å²) in [5, 5.41) is 12.9. The summed E-state index contributed by atoms with van der Waals surface area (Å²) in [6, 6.07) is 11.8. The molecular weight excluding hydrogens is 438 g/mol. The number of benzene rings is 2. The fourth-order valence-corrected chi connectivity index (χ4v) is 5.73. The molecule has 0 N–H and O–H groups in total. The zero-order valence-corrected chi connectivity index (χ0v) is 18.5. The van der Waals surface area contributed by atoms with Crippen molar-refractivity contribution in [3.8, 4) is 0 Å². The number of rotatable bonds is 6. The summed E-state index contributed by atoms with van der Waals surface area (Å²) < 4.78 is 0. The van der Waals surface area contributed by atoms with Crippen LogP contribution >= 0.6 is 0 Å². The van der Waals surface area contributed by atoms with Gasteiger partial charge in [0, 0.05) is 23.3 Å². The third-order valence-electron chi connectivity index (χ3n) is 7.35. The minimum absolute atomic E-state index is 0.0773. The second-order valence-electron chi connectivity index (χ2n) is 9.33. The predicted molar refractivity (Wildman–Crippen MR) is 119 cm³/mol. The van der Waals surface area contributed by atoms with E-state index in [4.69, 9.17) is 0 Å². The van der Waals surface area contributed by atoms with Gasteiger partial charge in [-0.1, -0.05) is 35.9 Å². The van der Waals surface area contributed by atoms with Crippen LogP contribution in [0.25, 0.3) is 0 Å². The first-order valence-electron chi connectivity index (χ1n) is 11.3. The van der Waals surface area contributed by atoms with Gasteiger partial charge in [-0.25, -0.2) is 5.01 Å². The largest absolute Gasteiger partial charge is 0.292 e. The first kappa shape index (κ1) is 21.9. The molecule has 2 bridgehead atoms. The maximum atomic E-state index is 13.5. The first-order valence-corrected chi connectivity index (χ1v) is 11.3. The van der Waals surface area contributed by atoms with Crippen LogP contribution in [0, 0.1) is 40.7 Å². The van der Waals surface area contributed by atoms with Gasteiger partial charge in [-0.15, -0.1) is 0 Å². The van der Waals surface area contributed by atoms with Gasteiger partial charge in [-0.05, 0) is 44.1 Å². The van der Waals surface area contributed by atoms with E-state index in [0.717, 1.165) is 40.9 Å². The minimum atomic E-state index is -0.807. The summed E-state index contributed by atoms with van der Waals surface area (Å²) in [7, 11) is 0. The summed E-state index contributed by atoms with van der Waals surface area (Å²) in [5.41, 5.74) is 0.910. The fraction of sp³-hybridized carbons (Fsp3) is 0.360. The van der Waals surface area contributed by atoms with Crippen LogP contribution in [0.3, 0.4) is 0 Å². The number of nitro groups is 1. The van der Waals surface area contributed by atoms with Gasteiger partial charge in [-0.3, -0.25) is 29.3 Å². The van der Waals surface area contributed by atoms with Crippen molar-refractivity contribution in [3.63, 3.8) is 0 Å². The third kappa shape index (κ3) is 3.48. The molecule has 9 nitrogen and oxygen atoms in total. The lowest BCUT2D eigenvalue weighted by atomic mass is 9.81. The van der Waals surface area contributed by atoms with Crippen LogP contribution in [0.2, 0.25) is 0 Å². The number of fused-ring (bicyclic) bond motifs is 5. The molecule has 3 aliphatic rings. The van der Waals surface area contributed by atoms with Gasteiger partial charge >= 0.3 is 0 Å². The highest BCUT2D eigenvalue weighted by molar-refractivity contribution is 6.10. The molecule has 0 aromatic heterocycles. The summed E-state index contributed by atoms with van der Waals surface area (Å²) in [6.45, 7) is 1.35. The van der Waals surface area contributed by atoms with E-state index in [1.54, 1.807) is 24.3 Å². The van der Waals surface area contributed by atoms with E-state index >= 15 is 0 Å². The summed E-state index contributed by atoms with van der Waals surface area (Å²) in [6.07, 6.45) is 2.58. The number of ketones is 1. The lowest BCUT2D eigenvalue weighted by Gasteiger charge is -2.30. The van der Waals surface area contributed by atoms with Crippen LogP contribution in [0.5, 0.6) is 0 Å². The smallest absolute Gasteiger partial charge is 0.273 e. The normalized spacial score (nSPS) is 24.9. The number of nitrogens with zero attached hydrogens (tertiary/aromatic N) is 3. The highest BCUT2D eigenvalue weighted by atomic mass is 16.6. The van der Waals surface area contributed by atoms with Gasteiger partial charge in [-0.2, -0.15) is 5.01 Å². The monoisotopic (exact) mass is 461 g/mol. The van der Waals surface area contributed by atoms with E-state index in [0.29, 0.717) is 5.56 Å². The Morgan fingerprint density at radius 2 is 1.62 bits per heavy atom. The summed E-state index contributed by atoms with van der Waals surface area (Å²) >= 11 is 0. The Kier molecular flexibility index (Phi) is 5.27. The molecule has 2 aromatic carbocycles. The zero-order chi connectivity index (χ0) is 24.1. The topological polar surface area (TPSA) is 118 Å². The predicted octanol–water partition coefficient (Wildman–Crippen LogP) is 3.17. The Balaban J connectivity index is 1.51. The second kappa shape index (κ2) is 8.16. The highest BCUT2D eigenvalue weighted by Gasteiger charge is 2.62. The molecule has 2 aliphatic carbocycles. The molecule has 0 radical (unpaired) electrons. The van der Waals surface area contributed by atoms with Crippen LogP contribution in [-0.2, 0) is 9.59 Å². The van der Waals surface area contributed by atoms with Gasteiger partial charge in [0.15, 0.2) is 5.78 Å². The van der Waals surface area contributed by atoms with Crippen molar-refractivity contribution in [2.45, 2.75) is 26.2 Å². The molecule has 2 aromatic rings. The highest BCUT2D eigenvalue weighted by Crippen LogP contribution is 2.56. The molecule has 2 saturated carbocycles. The van der Waals surface area contributed by atoms with Crippen molar-refractivity contribution >= 4 is 29.2 Å². The number of carbonyl (C=O) groups excluding carboxylic acids is 4. The fourth-order valence-electron chi connectivity index (χ4n) is 5.73. The Morgan fingerprint density at radius 1 is 1.00 bits per heavy atom. The van der Waals surface area contributed by atoms with E-state index in [2.05, 4.69) is 0 Å². The zero-order valence-electron chi connectivity index (χ0n) is 18.5. The molecule has 5 rings (SSSR count). The van der Waals surface area contributed by atoms with Crippen molar-refractivity contribution in [2.75, 3.05) is 6.54 Å². The molecule has 34 heavy (non-hydrogen) atoms. The number of hydrazine groups is 1. The number of non-ortho nitro benzene ring substituents is 1. The number of nitro benzene ring substituents is 1. The molecular formula is C25H23N3O6. The van der Waals surface area contributed by atoms with Crippen LogP contribution in [-0.4, -0.2) is 45.0 Å². The Bertz CT molecular complexity index is 1200. The molecule has 174 valence electrons. The SMILES string of the molecule is Cc1ccc(C(=O)CN(C(=O)c2cccc([N+](=O)[O-])c2)N2C(=O)[C@@H]3[C@H]4CC[C@@H](C4)[C@@H]3C2=O)cc1. The Labute approximate surface area is 195 Å². The molecule has 9 heteroatoms. The minimum Gasteiger partial charge on any atom is -0.292 e.